The third-order valence-corrected chi connectivity index (χ3v) is 6.37. The Balaban J connectivity index is 1.70. The second-order valence-corrected chi connectivity index (χ2v) is 9.66. The molecule has 2 heterocycles. The highest BCUT2D eigenvalue weighted by molar-refractivity contribution is 8.00. The van der Waals surface area contributed by atoms with E-state index in [1.165, 1.54) is 11.1 Å². The third kappa shape index (κ3) is 6.13. The Morgan fingerprint density at radius 1 is 1.19 bits per heavy atom. The molecule has 0 bridgehead atoms. The van der Waals surface area contributed by atoms with Crippen molar-refractivity contribution in [3.63, 3.8) is 0 Å². The van der Waals surface area contributed by atoms with Crippen LogP contribution in [-0.4, -0.2) is 72.2 Å². The highest BCUT2D eigenvalue weighted by Gasteiger charge is 2.28. The molecule has 0 amide bonds. The number of nitrogens with zero attached hydrogens (tertiary/aromatic N) is 3. The van der Waals surface area contributed by atoms with Crippen molar-refractivity contribution in [2.45, 2.75) is 38.6 Å². The van der Waals surface area contributed by atoms with Gasteiger partial charge in [0.2, 0.25) is 0 Å². The van der Waals surface area contributed by atoms with Crippen LogP contribution in [0.25, 0.3) is 0 Å². The van der Waals surface area contributed by atoms with Gasteiger partial charge in [0.05, 0.1) is 19.8 Å². The number of rotatable bonds is 5. The van der Waals surface area contributed by atoms with Gasteiger partial charge >= 0.3 is 0 Å². The van der Waals surface area contributed by atoms with E-state index in [0.717, 1.165) is 70.7 Å². The summed E-state index contributed by atoms with van der Waals surface area (Å²) in [7, 11) is 0. The lowest BCUT2D eigenvalue weighted by molar-refractivity contribution is 0.0341. The number of morpholine rings is 1. The SMILES string of the molecule is CCNC(=NCc1ccccc1CN1CCOCC1)N1CCSC(C)(C)C1. The van der Waals surface area contributed by atoms with Crippen molar-refractivity contribution in [1.82, 2.24) is 15.1 Å². The summed E-state index contributed by atoms with van der Waals surface area (Å²) < 4.78 is 5.76. The predicted molar refractivity (Wildman–Crippen MR) is 115 cm³/mol. The van der Waals surface area contributed by atoms with Gasteiger partial charge in [-0.3, -0.25) is 4.90 Å². The van der Waals surface area contributed by atoms with Crippen molar-refractivity contribution in [2.24, 2.45) is 4.99 Å². The van der Waals surface area contributed by atoms with Crippen molar-refractivity contribution in [3.8, 4) is 0 Å². The van der Waals surface area contributed by atoms with Crippen LogP contribution in [0.4, 0.5) is 0 Å². The van der Waals surface area contributed by atoms with Gasteiger partial charge in [-0.2, -0.15) is 11.8 Å². The maximum Gasteiger partial charge on any atom is 0.194 e. The molecule has 3 rings (SSSR count). The number of ether oxygens (including phenoxy) is 1. The predicted octanol–water partition coefficient (Wildman–Crippen LogP) is 2.81. The van der Waals surface area contributed by atoms with Gasteiger partial charge in [0, 0.05) is 49.8 Å². The Hall–Kier alpha value is -1.24. The highest BCUT2D eigenvalue weighted by Crippen LogP contribution is 2.29. The summed E-state index contributed by atoms with van der Waals surface area (Å²) in [4.78, 5) is 9.90. The van der Waals surface area contributed by atoms with E-state index in [9.17, 15) is 0 Å². The number of aliphatic imine (C=N–C) groups is 1. The molecule has 2 aliphatic rings. The molecule has 2 saturated heterocycles. The van der Waals surface area contributed by atoms with Gasteiger partial charge < -0.3 is 15.0 Å². The van der Waals surface area contributed by atoms with Gasteiger partial charge in [-0.15, -0.1) is 0 Å². The third-order valence-electron chi connectivity index (χ3n) is 5.08. The lowest BCUT2D eigenvalue weighted by atomic mass is 10.1. The van der Waals surface area contributed by atoms with Crippen LogP contribution in [0.15, 0.2) is 29.3 Å². The zero-order valence-corrected chi connectivity index (χ0v) is 17.9. The summed E-state index contributed by atoms with van der Waals surface area (Å²) in [6, 6.07) is 8.73. The Bertz CT molecular complexity index is 628. The number of thioether (sulfide) groups is 1. The summed E-state index contributed by atoms with van der Waals surface area (Å²) in [5, 5.41) is 3.50. The zero-order chi connectivity index (χ0) is 19.1. The molecule has 1 N–H and O–H groups in total. The van der Waals surface area contributed by atoms with Crippen LogP contribution in [0.3, 0.4) is 0 Å². The van der Waals surface area contributed by atoms with E-state index in [2.05, 4.69) is 71.9 Å². The first-order chi connectivity index (χ1) is 13.1. The van der Waals surface area contributed by atoms with E-state index in [1.54, 1.807) is 0 Å². The van der Waals surface area contributed by atoms with Gasteiger partial charge in [0.15, 0.2) is 5.96 Å². The van der Waals surface area contributed by atoms with Crippen LogP contribution in [0, 0.1) is 0 Å². The van der Waals surface area contributed by atoms with Crippen LogP contribution >= 0.6 is 11.8 Å². The van der Waals surface area contributed by atoms with Crippen molar-refractivity contribution in [2.75, 3.05) is 51.7 Å². The van der Waals surface area contributed by atoms with Gasteiger partial charge in [0.1, 0.15) is 0 Å². The molecule has 2 aliphatic heterocycles. The summed E-state index contributed by atoms with van der Waals surface area (Å²) in [6.45, 7) is 15.2. The Kier molecular flexibility index (Phi) is 7.44. The molecule has 27 heavy (non-hydrogen) atoms. The maximum atomic E-state index is 5.48. The normalized spacial score (nSPS) is 21.3. The summed E-state index contributed by atoms with van der Waals surface area (Å²) in [5.74, 6) is 2.21. The van der Waals surface area contributed by atoms with Crippen molar-refractivity contribution in [1.29, 1.82) is 0 Å². The lowest BCUT2D eigenvalue weighted by Crippen LogP contribution is -2.50. The summed E-state index contributed by atoms with van der Waals surface area (Å²) >= 11 is 2.06. The van der Waals surface area contributed by atoms with Crippen molar-refractivity contribution < 1.29 is 4.74 Å². The molecule has 0 aromatic heterocycles. The molecule has 150 valence electrons. The largest absolute Gasteiger partial charge is 0.379 e. The Morgan fingerprint density at radius 2 is 1.93 bits per heavy atom. The Labute approximate surface area is 168 Å². The fourth-order valence-electron chi connectivity index (χ4n) is 3.65. The van der Waals surface area contributed by atoms with Crippen molar-refractivity contribution >= 4 is 17.7 Å². The summed E-state index contributed by atoms with van der Waals surface area (Å²) in [6.07, 6.45) is 0. The van der Waals surface area contributed by atoms with Gasteiger partial charge in [0.25, 0.3) is 0 Å². The maximum absolute atomic E-state index is 5.48. The second-order valence-electron chi connectivity index (χ2n) is 7.86. The average molecular weight is 391 g/mol. The number of guanidine groups is 1. The van der Waals surface area contributed by atoms with Crippen molar-refractivity contribution in [3.05, 3.63) is 35.4 Å². The van der Waals surface area contributed by atoms with Gasteiger partial charge in [-0.1, -0.05) is 24.3 Å². The molecule has 0 aliphatic carbocycles. The van der Waals surface area contributed by atoms with E-state index >= 15 is 0 Å². The number of hydrogen-bond acceptors (Lipinski definition) is 4. The molecular formula is C21H34N4OS. The fraction of sp³-hybridized carbons (Fsp3) is 0.667. The van der Waals surface area contributed by atoms with Crippen LogP contribution in [0.1, 0.15) is 31.9 Å². The monoisotopic (exact) mass is 390 g/mol. The number of nitrogens with one attached hydrogen (secondary N) is 1. The molecule has 0 atom stereocenters. The molecule has 2 fully saturated rings. The van der Waals surface area contributed by atoms with E-state index in [4.69, 9.17) is 9.73 Å². The molecule has 1 aromatic carbocycles. The number of benzene rings is 1. The minimum atomic E-state index is 0.280. The molecule has 0 unspecified atom stereocenters. The van der Waals surface area contributed by atoms with Crippen LogP contribution in [0.2, 0.25) is 0 Å². The van der Waals surface area contributed by atoms with Gasteiger partial charge in [-0.25, -0.2) is 4.99 Å². The topological polar surface area (TPSA) is 40.1 Å². The van der Waals surface area contributed by atoms with E-state index in [0.29, 0.717) is 0 Å². The minimum absolute atomic E-state index is 0.280. The smallest absolute Gasteiger partial charge is 0.194 e. The lowest BCUT2D eigenvalue weighted by Gasteiger charge is -2.39. The Morgan fingerprint density at radius 3 is 2.63 bits per heavy atom. The second kappa shape index (κ2) is 9.80. The minimum Gasteiger partial charge on any atom is -0.379 e. The van der Waals surface area contributed by atoms with E-state index in [1.807, 2.05) is 0 Å². The quantitative estimate of drug-likeness (QED) is 0.618. The molecular weight excluding hydrogens is 356 g/mol. The summed E-state index contributed by atoms with van der Waals surface area (Å²) in [5.41, 5.74) is 2.71. The van der Waals surface area contributed by atoms with Crippen LogP contribution in [-0.2, 0) is 17.8 Å². The highest BCUT2D eigenvalue weighted by atomic mass is 32.2. The molecule has 5 nitrogen and oxygen atoms in total. The fourth-order valence-corrected chi connectivity index (χ4v) is 4.76. The number of hydrogen-bond donors (Lipinski definition) is 1. The standard InChI is InChI=1S/C21H34N4OS/c1-4-22-20(25-11-14-27-21(2,3)17-25)23-15-18-7-5-6-8-19(18)16-24-9-12-26-13-10-24/h5-8H,4,9-17H2,1-3H3,(H,22,23). The first-order valence-corrected chi connectivity index (χ1v) is 11.1. The van der Waals surface area contributed by atoms with Gasteiger partial charge in [-0.05, 0) is 31.9 Å². The molecule has 0 radical (unpaired) electrons. The molecule has 1 aromatic rings. The van der Waals surface area contributed by atoms with Crippen LogP contribution < -0.4 is 5.32 Å². The average Bonchev–Trinajstić information content (AvgIpc) is 2.66. The van der Waals surface area contributed by atoms with E-state index in [-0.39, 0.29) is 4.75 Å². The first-order valence-electron chi connectivity index (χ1n) is 10.1. The molecule has 0 saturated carbocycles. The van der Waals surface area contributed by atoms with E-state index < -0.39 is 0 Å². The molecule has 0 spiro atoms. The van der Waals surface area contributed by atoms with Crippen LogP contribution in [0.5, 0.6) is 0 Å². The molecule has 6 heteroatoms. The first kappa shape index (κ1) is 20.5. The zero-order valence-electron chi connectivity index (χ0n) is 17.0.